The summed E-state index contributed by atoms with van der Waals surface area (Å²) in [5.74, 6) is 1.43. The minimum absolute atomic E-state index is 0.0250. The third-order valence-corrected chi connectivity index (χ3v) is 9.50. The number of benzene rings is 5. The first-order valence-corrected chi connectivity index (χ1v) is 17.6. The van der Waals surface area contributed by atoms with Crippen LogP contribution >= 0.6 is 23.2 Å². The maximum Gasteiger partial charge on any atom is 0.319 e. The molecule has 1 saturated heterocycles. The van der Waals surface area contributed by atoms with Crippen LogP contribution in [0.3, 0.4) is 0 Å². The van der Waals surface area contributed by atoms with E-state index in [0.717, 1.165) is 39.1 Å². The van der Waals surface area contributed by atoms with Gasteiger partial charge in [0.25, 0.3) is 0 Å². The van der Waals surface area contributed by atoms with Gasteiger partial charge in [0.15, 0.2) is 11.4 Å². The van der Waals surface area contributed by atoms with E-state index in [9.17, 15) is 9.90 Å². The summed E-state index contributed by atoms with van der Waals surface area (Å²) in [6, 6.07) is 40.3. The molecule has 2 heterocycles. The van der Waals surface area contributed by atoms with Gasteiger partial charge in [-0.05, 0) is 70.3 Å². The van der Waals surface area contributed by atoms with Gasteiger partial charge in [-0.1, -0.05) is 108 Å². The fourth-order valence-corrected chi connectivity index (χ4v) is 6.32. The number of para-hydroxylation sites is 1. The third kappa shape index (κ3) is 8.82. The number of hydrogen-bond donors (Lipinski definition) is 3. The van der Waals surface area contributed by atoms with Crippen LogP contribution in [0, 0.1) is 0 Å². The van der Waals surface area contributed by atoms with Gasteiger partial charge in [-0.25, -0.2) is 9.78 Å². The number of urea groups is 1. The van der Waals surface area contributed by atoms with E-state index in [-0.39, 0.29) is 30.0 Å². The first-order chi connectivity index (χ1) is 25.4. The highest BCUT2D eigenvalue weighted by molar-refractivity contribution is 6.40. The summed E-state index contributed by atoms with van der Waals surface area (Å²) >= 11 is 12.5. The molecule has 264 valence electrons. The van der Waals surface area contributed by atoms with Crippen LogP contribution in [0.4, 0.5) is 10.5 Å². The van der Waals surface area contributed by atoms with Crippen molar-refractivity contribution in [3.63, 3.8) is 0 Å². The highest BCUT2D eigenvalue weighted by atomic mass is 35.5. The third-order valence-electron chi connectivity index (χ3n) is 8.74. The molecule has 3 N–H and O–H groups in total. The number of carbonyl (C=O) groups is 1. The first-order valence-electron chi connectivity index (χ1n) is 16.8. The van der Waals surface area contributed by atoms with Crippen molar-refractivity contribution in [1.82, 2.24) is 14.9 Å². The molecule has 0 saturated carbocycles. The standard InChI is InChI=1S/C41H36Cl2N4O5/c42-38-39(43)47(26-45-38)24-36-22-37(30-11-9-27(25-48)10-12-30)52-40(51-36)31-15-13-29(14-16-31)32-6-4-5-28(21-32)23-44-41(49)46-33-17-19-35(20-18-33)50-34-7-2-1-3-8-34/h1-21,26,36-37,40,48H,22-25H2,(H2,44,46,49)/t36-,37+,40+/m0/s1. The average Bonchev–Trinajstić information content (AvgIpc) is 3.50. The second-order valence-corrected chi connectivity index (χ2v) is 13.1. The number of aliphatic hydroxyl groups is 1. The smallest absolute Gasteiger partial charge is 0.319 e. The Labute approximate surface area is 311 Å². The Morgan fingerprint density at radius 3 is 2.25 bits per heavy atom. The van der Waals surface area contributed by atoms with Gasteiger partial charge < -0.3 is 34.5 Å². The van der Waals surface area contributed by atoms with Gasteiger partial charge in [0, 0.05) is 24.2 Å². The van der Waals surface area contributed by atoms with Crippen LogP contribution in [0.5, 0.6) is 11.5 Å². The molecule has 7 rings (SSSR count). The molecule has 2 amide bonds. The van der Waals surface area contributed by atoms with Crippen molar-refractivity contribution in [1.29, 1.82) is 0 Å². The van der Waals surface area contributed by atoms with Gasteiger partial charge in [0.2, 0.25) is 0 Å². The number of imidazole rings is 1. The molecule has 0 spiro atoms. The number of anilines is 1. The Hall–Kier alpha value is -5.16. The number of hydrogen-bond acceptors (Lipinski definition) is 6. The van der Waals surface area contributed by atoms with Crippen molar-refractivity contribution in [2.24, 2.45) is 0 Å². The summed E-state index contributed by atoms with van der Waals surface area (Å²) in [6.45, 7) is 0.782. The number of nitrogens with one attached hydrogen (secondary N) is 2. The molecule has 1 fully saturated rings. The molecule has 3 atom stereocenters. The molecule has 5 aromatic carbocycles. The van der Waals surface area contributed by atoms with E-state index < -0.39 is 6.29 Å². The lowest BCUT2D eigenvalue weighted by atomic mass is 9.99. The van der Waals surface area contributed by atoms with E-state index in [4.69, 9.17) is 37.4 Å². The quantitative estimate of drug-likeness (QED) is 0.122. The Bertz CT molecular complexity index is 2090. The predicted octanol–water partition coefficient (Wildman–Crippen LogP) is 9.71. The van der Waals surface area contributed by atoms with E-state index >= 15 is 0 Å². The van der Waals surface area contributed by atoms with E-state index in [1.165, 1.54) is 0 Å². The molecule has 11 heteroatoms. The van der Waals surface area contributed by atoms with Gasteiger partial charge in [-0.3, -0.25) is 0 Å². The molecule has 9 nitrogen and oxygen atoms in total. The van der Waals surface area contributed by atoms with Crippen LogP contribution in [0.25, 0.3) is 11.1 Å². The van der Waals surface area contributed by atoms with Gasteiger partial charge >= 0.3 is 6.03 Å². The summed E-state index contributed by atoms with van der Waals surface area (Å²) < 4.78 is 20.6. The number of amides is 2. The molecule has 1 aliphatic rings. The van der Waals surface area contributed by atoms with Crippen molar-refractivity contribution in [2.75, 3.05) is 5.32 Å². The topological polar surface area (TPSA) is 107 Å². The van der Waals surface area contributed by atoms with Crippen molar-refractivity contribution in [3.8, 4) is 22.6 Å². The summed E-state index contributed by atoms with van der Waals surface area (Å²) in [7, 11) is 0. The number of carbonyl (C=O) groups excluding carboxylic acids is 1. The Balaban J connectivity index is 0.983. The zero-order valence-corrected chi connectivity index (χ0v) is 29.5. The molecule has 0 radical (unpaired) electrons. The van der Waals surface area contributed by atoms with Crippen LogP contribution in [-0.2, 0) is 29.2 Å². The maximum absolute atomic E-state index is 12.7. The number of nitrogens with zero attached hydrogens (tertiary/aromatic N) is 2. The number of aromatic nitrogens is 2. The van der Waals surface area contributed by atoms with Gasteiger partial charge in [0.05, 0.1) is 31.7 Å². The molecule has 52 heavy (non-hydrogen) atoms. The van der Waals surface area contributed by atoms with Crippen molar-refractivity contribution >= 4 is 34.9 Å². The lowest BCUT2D eigenvalue weighted by Crippen LogP contribution is -2.32. The fourth-order valence-electron chi connectivity index (χ4n) is 6.00. The van der Waals surface area contributed by atoms with E-state index in [0.29, 0.717) is 36.1 Å². The monoisotopic (exact) mass is 734 g/mol. The molecule has 1 aromatic heterocycles. The Morgan fingerprint density at radius 2 is 1.54 bits per heavy atom. The van der Waals surface area contributed by atoms with Crippen LogP contribution in [0.15, 0.2) is 134 Å². The maximum atomic E-state index is 12.7. The van der Waals surface area contributed by atoms with Crippen molar-refractivity contribution in [3.05, 3.63) is 166 Å². The molecule has 0 aliphatic carbocycles. The largest absolute Gasteiger partial charge is 0.457 e. The van der Waals surface area contributed by atoms with Gasteiger partial charge in [-0.2, -0.15) is 0 Å². The lowest BCUT2D eigenvalue weighted by Gasteiger charge is -2.36. The molecular formula is C41H36Cl2N4O5. The van der Waals surface area contributed by atoms with E-state index in [2.05, 4.69) is 21.7 Å². The van der Waals surface area contributed by atoms with Crippen LogP contribution in [0.1, 0.15) is 41.1 Å². The highest BCUT2D eigenvalue weighted by Crippen LogP contribution is 2.39. The van der Waals surface area contributed by atoms with Crippen molar-refractivity contribution < 1.29 is 24.1 Å². The Kier molecular flexibility index (Phi) is 11.2. The minimum atomic E-state index is -0.630. The second kappa shape index (κ2) is 16.5. The zero-order chi connectivity index (χ0) is 35.9. The zero-order valence-electron chi connectivity index (χ0n) is 28.0. The van der Waals surface area contributed by atoms with Crippen LogP contribution in [-0.4, -0.2) is 26.8 Å². The van der Waals surface area contributed by atoms with Gasteiger partial charge in [0.1, 0.15) is 16.7 Å². The highest BCUT2D eigenvalue weighted by Gasteiger charge is 2.33. The molecule has 1 aliphatic heterocycles. The predicted molar refractivity (Wildman–Crippen MR) is 201 cm³/mol. The number of aliphatic hydroxyl groups excluding tert-OH is 1. The fraction of sp³-hybridized carbons (Fsp3) is 0.171. The molecular weight excluding hydrogens is 699 g/mol. The molecule has 0 unspecified atom stereocenters. The van der Waals surface area contributed by atoms with Crippen LogP contribution in [0.2, 0.25) is 10.3 Å². The van der Waals surface area contributed by atoms with Crippen molar-refractivity contribution in [2.45, 2.75) is 44.6 Å². The lowest BCUT2D eigenvalue weighted by molar-refractivity contribution is -0.252. The molecule has 6 aromatic rings. The summed E-state index contributed by atoms with van der Waals surface area (Å²) in [6.07, 6.45) is 1.08. The van der Waals surface area contributed by atoms with Gasteiger partial charge in [-0.15, -0.1) is 0 Å². The SMILES string of the molecule is O=C(NCc1cccc(-c2ccc([C@@H]3O[C@H](Cn4cnc(Cl)c4Cl)C[C@H](c4ccc(CO)cc4)O3)cc2)c1)Nc1ccc(Oc2ccccc2)cc1. The minimum Gasteiger partial charge on any atom is -0.457 e. The molecule has 0 bridgehead atoms. The number of rotatable bonds is 11. The summed E-state index contributed by atoms with van der Waals surface area (Å²) in [4.78, 5) is 16.8. The first kappa shape index (κ1) is 35.3. The summed E-state index contributed by atoms with van der Waals surface area (Å²) in [5.41, 5.74) is 6.33. The second-order valence-electron chi connectivity index (χ2n) is 12.4. The Morgan fingerprint density at radius 1 is 0.808 bits per heavy atom. The normalized spacial score (nSPS) is 17.0. The van der Waals surface area contributed by atoms with E-state index in [1.807, 2.05) is 109 Å². The number of halogens is 2. The number of ether oxygens (including phenoxy) is 3. The average molecular weight is 736 g/mol. The summed E-state index contributed by atoms with van der Waals surface area (Å²) in [5, 5.41) is 15.9. The van der Waals surface area contributed by atoms with E-state index in [1.54, 1.807) is 23.0 Å². The van der Waals surface area contributed by atoms with Crippen LogP contribution < -0.4 is 15.4 Å².